The molecule has 4 nitrogen and oxygen atoms in total. The number of phenolic OH excluding ortho intramolecular Hbond substituents is 1. The monoisotopic (exact) mass is 280 g/mol. The molecule has 0 bridgehead atoms. The zero-order chi connectivity index (χ0) is 15.0. The highest BCUT2D eigenvalue weighted by atomic mass is 16.3. The lowest BCUT2D eigenvalue weighted by Crippen LogP contribution is -2.11. The molecule has 0 atom stereocenters. The third-order valence-electron chi connectivity index (χ3n) is 3.67. The minimum atomic E-state index is -0.194. The summed E-state index contributed by atoms with van der Waals surface area (Å²) in [6.07, 6.45) is 0. The number of phenols is 1. The third kappa shape index (κ3) is 2.48. The molecule has 4 heteroatoms. The Balaban J connectivity index is 1.92. The van der Waals surface area contributed by atoms with Crippen molar-refractivity contribution in [2.45, 2.75) is 13.8 Å². The van der Waals surface area contributed by atoms with E-state index in [2.05, 4.69) is 10.3 Å². The van der Waals surface area contributed by atoms with E-state index in [0.29, 0.717) is 11.3 Å². The molecule has 1 heterocycles. The van der Waals surface area contributed by atoms with Gasteiger partial charge in [-0.2, -0.15) is 0 Å². The number of anilines is 1. The van der Waals surface area contributed by atoms with Crippen molar-refractivity contribution in [1.82, 2.24) is 4.98 Å². The van der Waals surface area contributed by atoms with Gasteiger partial charge in [-0.15, -0.1) is 0 Å². The topological polar surface area (TPSA) is 65.1 Å². The maximum absolute atomic E-state index is 12.3. The number of carbonyl (C=O) groups excluding carboxylic acids is 1. The lowest BCUT2D eigenvalue weighted by molar-refractivity contribution is 0.102. The molecule has 0 saturated carbocycles. The fourth-order valence-electron chi connectivity index (χ4n) is 2.39. The van der Waals surface area contributed by atoms with Crippen LogP contribution in [0, 0.1) is 13.8 Å². The van der Waals surface area contributed by atoms with Crippen molar-refractivity contribution in [3.8, 4) is 5.75 Å². The minimum Gasteiger partial charge on any atom is -0.508 e. The molecule has 0 fully saturated rings. The fourth-order valence-corrected chi connectivity index (χ4v) is 2.39. The largest absolute Gasteiger partial charge is 0.508 e. The number of hydrogen-bond donors (Lipinski definition) is 3. The van der Waals surface area contributed by atoms with Crippen LogP contribution in [0.3, 0.4) is 0 Å². The molecule has 1 aromatic heterocycles. The van der Waals surface area contributed by atoms with Crippen LogP contribution in [0.5, 0.6) is 5.75 Å². The molecular weight excluding hydrogens is 264 g/mol. The van der Waals surface area contributed by atoms with Crippen molar-refractivity contribution in [2.24, 2.45) is 0 Å². The van der Waals surface area contributed by atoms with Crippen LogP contribution in [0.15, 0.2) is 42.5 Å². The molecule has 0 aliphatic rings. The van der Waals surface area contributed by atoms with Gasteiger partial charge in [0, 0.05) is 33.9 Å². The van der Waals surface area contributed by atoms with Gasteiger partial charge in [0.1, 0.15) is 5.75 Å². The Kier molecular flexibility index (Phi) is 3.14. The van der Waals surface area contributed by atoms with Crippen LogP contribution >= 0.6 is 0 Å². The van der Waals surface area contributed by atoms with E-state index in [1.807, 2.05) is 26.0 Å². The van der Waals surface area contributed by atoms with E-state index in [1.54, 1.807) is 24.3 Å². The highest BCUT2D eigenvalue weighted by molar-refractivity contribution is 6.06. The summed E-state index contributed by atoms with van der Waals surface area (Å²) in [7, 11) is 0. The Morgan fingerprint density at radius 3 is 2.71 bits per heavy atom. The van der Waals surface area contributed by atoms with Crippen LogP contribution in [-0.4, -0.2) is 16.0 Å². The lowest BCUT2D eigenvalue weighted by atomic mass is 10.1. The molecule has 0 spiro atoms. The molecule has 3 N–H and O–H groups in total. The lowest BCUT2D eigenvalue weighted by Gasteiger charge is -2.06. The van der Waals surface area contributed by atoms with E-state index >= 15 is 0 Å². The quantitative estimate of drug-likeness (QED) is 0.669. The van der Waals surface area contributed by atoms with Gasteiger partial charge in [0.15, 0.2) is 0 Å². The molecule has 0 aliphatic carbocycles. The van der Waals surface area contributed by atoms with E-state index < -0.39 is 0 Å². The summed E-state index contributed by atoms with van der Waals surface area (Å²) >= 11 is 0. The van der Waals surface area contributed by atoms with Gasteiger partial charge in [0.25, 0.3) is 5.91 Å². The van der Waals surface area contributed by atoms with Crippen LogP contribution in [0.25, 0.3) is 10.9 Å². The number of aryl methyl sites for hydroxylation is 2. The number of carbonyl (C=O) groups is 1. The Labute approximate surface area is 122 Å². The van der Waals surface area contributed by atoms with Crippen molar-refractivity contribution in [1.29, 1.82) is 0 Å². The predicted octanol–water partition coefficient (Wildman–Crippen LogP) is 3.74. The van der Waals surface area contributed by atoms with Crippen molar-refractivity contribution < 1.29 is 9.90 Å². The zero-order valence-corrected chi connectivity index (χ0v) is 11.9. The second-order valence-electron chi connectivity index (χ2n) is 5.14. The third-order valence-corrected chi connectivity index (χ3v) is 3.67. The molecule has 3 rings (SSSR count). The number of benzene rings is 2. The number of H-pyrrole nitrogens is 1. The average Bonchev–Trinajstić information content (AvgIpc) is 2.74. The second kappa shape index (κ2) is 4.98. The second-order valence-corrected chi connectivity index (χ2v) is 5.14. The number of aromatic hydroxyl groups is 1. The molecule has 0 unspecified atom stereocenters. The van der Waals surface area contributed by atoms with Gasteiger partial charge in [0.05, 0.1) is 0 Å². The summed E-state index contributed by atoms with van der Waals surface area (Å²) in [5.41, 5.74) is 4.45. The number of rotatable bonds is 2. The van der Waals surface area contributed by atoms with Gasteiger partial charge in [-0.3, -0.25) is 4.79 Å². The van der Waals surface area contributed by atoms with Crippen molar-refractivity contribution in [3.63, 3.8) is 0 Å². The normalized spacial score (nSPS) is 10.8. The summed E-state index contributed by atoms with van der Waals surface area (Å²) < 4.78 is 0. The number of aromatic nitrogens is 1. The SMILES string of the molecule is Cc1[nH]c2ccc(C(=O)Nc3cccc(O)c3)cc2c1C. The number of amides is 1. The molecule has 106 valence electrons. The van der Waals surface area contributed by atoms with E-state index in [4.69, 9.17) is 0 Å². The molecule has 1 amide bonds. The summed E-state index contributed by atoms with van der Waals surface area (Å²) in [6.45, 7) is 4.05. The average molecular weight is 280 g/mol. The predicted molar refractivity (Wildman–Crippen MR) is 83.8 cm³/mol. The molecule has 0 saturated heterocycles. The highest BCUT2D eigenvalue weighted by Crippen LogP contribution is 2.23. The van der Waals surface area contributed by atoms with Crippen molar-refractivity contribution in [2.75, 3.05) is 5.32 Å². The van der Waals surface area contributed by atoms with Crippen LogP contribution < -0.4 is 5.32 Å². The highest BCUT2D eigenvalue weighted by Gasteiger charge is 2.10. The number of aromatic amines is 1. The maximum Gasteiger partial charge on any atom is 0.255 e. The standard InChI is InChI=1S/C17H16N2O2/c1-10-11(2)18-16-7-6-12(8-15(10)16)17(21)19-13-4-3-5-14(20)9-13/h3-9,18,20H,1-2H3,(H,19,21). The van der Waals surface area contributed by atoms with E-state index in [0.717, 1.165) is 22.2 Å². The Morgan fingerprint density at radius 1 is 1.14 bits per heavy atom. The first-order valence-electron chi connectivity index (χ1n) is 6.74. The first-order valence-corrected chi connectivity index (χ1v) is 6.74. The Morgan fingerprint density at radius 2 is 1.95 bits per heavy atom. The smallest absolute Gasteiger partial charge is 0.255 e. The van der Waals surface area contributed by atoms with Gasteiger partial charge >= 0.3 is 0 Å². The van der Waals surface area contributed by atoms with Crippen LogP contribution in [0.4, 0.5) is 5.69 Å². The van der Waals surface area contributed by atoms with E-state index in [1.165, 1.54) is 6.07 Å². The van der Waals surface area contributed by atoms with Gasteiger partial charge in [-0.05, 0) is 49.7 Å². The first kappa shape index (κ1) is 13.2. The van der Waals surface area contributed by atoms with Crippen LogP contribution in [0.1, 0.15) is 21.6 Å². The van der Waals surface area contributed by atoms with Gasteiger partial charge in [0.2, 0.25) is 0 Å². The van der Waals surface area contributed by atoms with Crippen LogP contribution in [-0.2, 0) is 0 Å². The summed E-state index contributed by atoms with van der Waals surface area (Å²) in [4.78, 5) is 15.6. The number of hydrogen-bond acceptors (Lipinski definition) is 2. The van der Waals surface area contributed by atoms with Crippen LogP contribution in [0.2, 0.25) is 0 Å². The van der Waals surface area contributed by atoms with Gasteiger partial charge < -0.3 is 15.4 Å². The summed E-state index contributed by atoms with van der Waals surface area (Å²) in [5.74, 6) is -0.0684. The molecule has 2 aromatic carbocycles. The number of fused-ring (bicyclic) bond motifs is 1. The molecule has 0 aliphatic heterocycles. The zero-order valence-electron chi connectivity index (χ0n) is 11.9. The Bertz CT molecular complexity index is 834. The first-order chi connectivity index (χ1) is 10.0. The minimum absolute atomic E-state index is 0.125. The van der Waals surface area contributed by atoms with Crippen molar-refractivity contribution in [3.05, 3.63) is 59.3 Å². The van der Waals surface area contributed by atoms with Crippen molar-refractivity contribution >= 4 is 22.5 Å². The summed E-state index contributed by atoms with van der Waals surface area (Å²) in [6, 6.07) is 12.1. The molecule has 3 aromatic rings. The summed E-state index contributed by atoms with van der Waals surface area (Å²) in [5, 5.41) is 13.3. The molecule has 0 radical (unpaired) electrons. The number of nitrogens with one attached hydrogen (secondary N) is 2. The van der Waals surface area contributed by atoms with E-state index in [9.17, 15) is 9.90 Å². The maximum atomic E-state index is 12.3. The molecule has 21 heavy (non-hydrogen) atoms. The van der Waals surface area contributed by atoms with Gasteiger partial charge in [-0.25, -0.2) is 0 Å². The Hall–Kier alpha value is -2.75. The van der Waals surface area contributed by atoms with Gasteiger partial charge in [-0.1, -0.05) is 6.07 Å². The van der Waals surface area contributed by atoms with E-state index in [-0.39, 0.29) is 11.7 Å². The fraction of sp³-hybridized carbons (Fsp3) is 0.118. The molecular formula is C17H16N2O2.